The van der Waals surface area contributed by atoms with Crippen LogP contribution in [0.5, 0.6) is 0 Å². The monoisotopic (exact) mass is 165 g/mol. The summed E-state index contributed by atoms with van der Waals surface area (Å²) in [6, 6.07) is 4.28. The second-order valence-corrected chi connectivity index (χ2v) is 3.48. The molecule has 1 aliphatic heterocycles. The summed E-state index contributed by atoms with van der Waals surface area (Å²) in [5.41, 5.74) is 1.41. The van der Waals surface area contributed by atoms with Crippen LogP contribution in [-0.2, 0) is 6.54 Å². The summed E-state index contributed by atoms with van der Waals surface area (Å²) in [5.74, 6) is 0.596. The Bertz CT molecular complexity index is 254. The number of nitrogens with zero attached hydrogens (tertiary/aromatic N) is 1. The van der Waals surface area contributed by atoms with Gasteiger partial charge >= 0.3 is 0 Å². The van der Waals surface area contributed by atoms with Crippen LogP contribution in [0.3, 0.4) is 0 Å². The Labute approximate surface area is 72.8 Å². The molecule has 0 saturated heterocycles. The van der Waals surface area contributed by atoms with Crippen molar-refractivity contribution in [1.29, 1.82) is 0 Å². The fourth-order valence-electron chi connectivity index (χ4n) is 2.11. The zero-order valence-electron chi connectivity index (χ0n) is 7.24. The van der Waals surface area contributed by atoms with Gasteiger partial charge in [-0.15, -0.1) is 0 Å². The minimum Gasteiger partial charge on any atom is -0.396 e. The maximum atomic E-state index is 8.87. The third-order valence-corrected chi connectivity index (χ3v) is 2.71. The molecular weight excluding hydrogens is 150 g/mol. The molecule has 1 atom stereocenters. The van der Waals surface area contributed by atoms with E-state index in [0.29, 0.717) is 12.5 Å². The maximum Gasteiger partial charge on any atom is 0.0437 e. The Hall–Kier alpha value is -0.760. The molecule has 0 aromatic carbocycles. The highest BCUT2D eigenvalue weighted by molar-refractivity contribution is 5.14. The fourth-order valence-corrected chi connectivity index (χ4v) is 2.11. The van der Waals surface area contributed by atoms with Crippen molar-refractivity contribution in [3.63, 3.8) is 0 Å². The van der Waals surface area contributed by atoms with E-state index in [-0.39, 0.29) is 0 Å². The molecule has 1 N–H and O–H groups in total. The predicted octanol–water partition coefficient (Wildman–Crippen LogP) is 1.75. The van der Waals surface area contributed by atoms with Crippen LogP contribution < -0.4 is 0 Å². The van der Waals surface area contributed by atoms with Gasteiger partial charge in [-0.3, -0.25) is 0 Å². The van der Waals surface area contributed by atoms with Crippen molar-refractivity contribution in [2.24, 2.45) is 0 Å². The Morgan fingerprint density at radius 2 is 2.50 bits per heavy atom. The van der Waals surface area contributed by atoms with Crippen LogP contribution in [0, 0.1) is 0 Å². The average molecular weight is 165 g/mol. The number of aliphatic hydroxyl groups is 1. The summed E-state index contributed by atoms with van der Waals surface area (Å²) < 4.78 is 2.31. The molecule has 2 heteroatoms. The van der Waals surface area contributed by atoms with Crippen LogP contribution in [0.25, 0.3) is 0 Å². The van der Waals surface area contributed by atoms with E-state index in [1.54, 1.807) is 0 Å². The number of aliphatic hydroxyl groups excluding tert-OH is 1. The van der Waals surface area contributed by atoms with E-state index in [1.807, 2.05) is 0 Å². The summed E-state index contributed by atoms with van der Waals surface area (Å²) in [5, 5.41) is 8.87. The Balaban J connectivity index is 2.19. The molecule has 66 valence electrons. The van der Waals surface area contributed by atoms with Gasteiger partial charge in [0.05, 0.1) is 0 Å². The molecule has 1 aromatic rings. The summed E-state index contributed by atoms with van der Waals surface area (Å²) >= 11 is 0. The highest BCUT2D eigenvalue weighted by Crippen LogP contribution is 2.29. The number of aryl methyl sites for hydroxylation is 1. The van der Waals surface area contributed by atoms with Crippen LogP contribution >= 0.6 is 0 Å². The fraction of sp³-hybridized carbons (Fsp3) is 0.600. The van der Waals surface area contributed by atoms with E-state index in [4.69, 9.17) is 5.11 Å². The van der Waals surface area contributed by atoms with Gasteiger partial charge in [0.25, 0.3) is 0 Å². The maximum absolute atomic E-state index is 8.87. The minimum atomic E-state index is 0.315. The quantitative estimate of drug-likeness (QED) is 0.709. The highest BCUT2D eigenvalue weighted by atomic mass is 16.3. The van der Waals surface area contributed by atoms with Gasteiger partial charge < -0.3 is 9.67 Å². The molecule has 12 heavy (non-hydrogen) atoms. The molecule has 0 fully saturated rings. The number of aromatic nitrogens is 1. The zero-order chi connectivity index (χ0) is 8.39. The lowest BCUT2D eigenvalue weighted by molar-refractivity contribution is 0.263. The molecule has 0 radical (unpaired) electrons. The van der Waals surface area contributed by atoms with Crippen molar-refractivity contribution in [2.75, 3.05) is 6.61 Å². The van der Waals surface area contributed by atoms with E-state index in [0.717, 1.165) is 13.0 Å². The first-order valence-electron chi connectivity index (χ1n) is 4.67. The molecule has 0 bridgehead atoms. The average Bonchev–Trinajstić information content (AvgIpc) is 2.53. The second kappa shape index (κ2) is 3.31. The second-order valence-electron chi connectivity index (χ2n) is 3.48. The standard InChI is InChI=1S/C10H15NO/c12-8-5-9-3-1-6-11-7-2-4-10(9)11/h2,4,7,9,12H,1,3,5-6,8H2/t9-/m0/s1. The molecule has 2 rings (SSSR count). The van der Waals surface area contributed by atoms with Crippen LogP contribution in [0.4, 0.5) is 0 Å². The first-order chi connectivity index (χ1) is 5.92. The molecule has 1 aliphatic rings. The van der Waals surface area contributed by atoms with Crippen molar-refractivity contribution >= 4 is 0 Å². The predicted molar refractivity (Wildman–Crippen MR) is 48.1 cm³/mol. The van der Waals surface area contributed by atoms with Gasteiger partial charge in [-0.1, -0.05) is 0 Å². The first-order valence-corrected chi connectivity index (χ1v) is 4.67. The van der Waals surface area contributed by atoms with Crippen molar-refractivity contribution in [3.05, 3.63) is 24.0 Å². The molecule has 2 heterocycles. The molecule has 2 nitrogen and oxygen atoms in total. The zero-order valence-corrected chi connectivity index (χ0v) is 7.24. The molecule has 0 amide bonds. The Kier molecular flexibility index (Phi) is 2.17. The smallest absolute Gasteiger partial charge is 0.0437 e. The van der Waals surface area contributed by atoms with Gasteiger partial charge in [0.1, 0.15) is 0 Å². The van der Waals surface area contributed by atoms with E-state index >= 15 is 0 Å². The van der Waals surface area contributed by atoms with E-state index in [1.165, 1.54) is 18.5 Å². The van der Waals surface area contributed by atoms with E-state index in [9.17, 15) is 0 Å². The van der Waals surface area contributed by atoms with Crippen LogP contribution in [0.2, 0.25) is 0 Å². The molecule has 0 saturated carbocycles. The summed E-state index contributed by atoms with van der Waals surface area (Å²) in [7, 11) is 0. The number of fused-ring (bicyclic) bond motifs is 1. The van der Waals surface area contributed by atoms with Crippen LogP contribution in [-0.4, -0.2) is 16.3 Å². The van der Waals surface area contributed by atoms with Gasteiger partial charge in [-0.25, -0.2) is 0 Å². The lowest BCUT2D eigenvalue weighted by Gasteiger charge is -2.24. The summed E-state index contributed by atoms with van der Waals surface area (Å²) in [6.45, 7) is 1.47. The lowest BCUT2D eigenvalue weighted by atomic mass is 9.93. The number of rotatable bonds is 2. The molecular formula is C10H15NO. The van der Waals surface area contributed by atoms with E-state index < -0.39 is 0 Å². The topological polar surface area (TPSA) is 25.2 Å². The van der Waals surface area contributed by atoms with E-state index in [2.05, 4.69) is 22.9 Å². The van der Waals surface area contributed by atoms with Crippen LogP contribution in [0.15, 0.2) is 18.3 Å². The first kappa shape index (κ1) is 7.87. The largest absolute Gasteiger partial charge is 0.396 e. The number of hydrogen-bond donors (Lipinski definition) is 1. The minimum absolute atomic E-state index is 0.315. The molecule has 1 aromatic heterocycles. The Morgan fingerprint density at radius 3 is 3.33 bits per heavy atom. The van der Waals surface area contributed by atoms with Crippen molar-refractivity contribution < 1.29 is 5.11 Å². The highest BCUT2D eigenvalue weighted by Gasteiger charge is 2.18. The number of hydrogen-bond acceptors (Lipinski definition) is 1. The van der Waals surface area contributed by atoms with Gasteiger partial charge in [0.2, 0.25) is 0 Å². The molecule has 0 unspecified atom stereocenters. The van der Waals surface area contributed by atoms with Crippen molar-refractivity contribution in [3.8, 4) is 0 Å². The molecule has 0 spiro atoms. The lowest BCUT2D eigenvalue weighted by Crippen LogP contribution is -2.15. The third kappa shape index (κ3) is 1.27. The normalized spacial score (nSPS) is 22.2. The van der Waals surface area contributed by atoms with Crippen molar-refractivity contribution in [2.45, 2.75) is 31.7 Å². The third-order valence-electron chi connectivity index (χ3n) is 2.71. The van der Waals surface area contributed by atoms with Gasteiger partial charge in [-0.2, -0.15) is 0 Å². The van der Waals surface area contributed by atoms with Gasteiger partial charge in [0, 0.05) is 31.0 Å². The summed E-state index contributed by atoms with van der Waals surface area (Å²) in [6.07, 6.45) is 5.56. The van der Waals surface area contributed by atoms with Gasteiger partial charge in [0.15, 0.2) is 0 Å². The van der Waals surface area contributed by atoms with Crippen LogP contribution in [0.1, 0.15) is 30.9 Å². The SMILES string of the molecule is OCC[C@@H]1CCCn2cccc21. The molecule has 0 aliphatic carbocycles. The van der Waals surface area contributed by atoms with Crippen molar-refractivity contribution in [1.82, 2.24) is 4.57 Å². The Morgan fingerprint density at radius 1 is 1.58 bits per heavy atom. The van der Waals surface area contributed by atoms with Gasteiger partial charge in [-0.05, 0) is 31.4 Å². The summed E-state index contributed by atoms with van der Waals surface area (Å²) in [4.78, 5) is 0.